The van der Waals surface area contributed by atoms with Gasteiger partial charge in [0.1, 0.15) is 5.82 Å². The molecular formula is C20H15ClFNO3S. The number of anilines is 1. The van der Waals surface area contributed by atoms with Crippen LogP contribution in [0.15, 0.2) is 65.6 Å². The van der Waals surface area contributed by atoms with Gasteiger partial charge in [-0.15, -0.1) is 11.8 Å². The minimum atomic E-state index is -0.658. The fourth-order valence-electron chi connectivity index (χ4n) is 2.36. The fourth-order valence-corrected chi connectivity index (χ4v) is 3.27. The molecule has 0 radical (unpaired) electrons. The third-order valence-electron chi connectivity index (χ3n) is 3.65. The summed E-state index contributed by atoms with van der Waals surface area (Å²) in [5.41, 5.74) is -0.0222. The predicted octanol–water partition coefficient (Wildman–Crippen LogP) is 4.91. The molecule has 3 rings (SSSR count). The van der Waals surface area contributed by atoms with Gasteiger partial charge < -0.3 is 10.1 Å². The summed E-state index contributed by atoms with van der Waals surface area (Å²) in [4.78, 5) is 24.5. The van der Waals surface area contributed by atoms with Crippen LogP contribution in [0.25, 0.3) is 10.8 Å². The molecule has 0 aliphatic carbocycles. The molecule has 27 heavy (non-hydrogen) atoms. The van der Waals surface area contributed by atoms with Gasteiger partial charge in [-0.25, -0.2) is 4.39 Å². The standard InChI is InChI=1S/C20H15ClFNO3S/c21-15-6-8-18(17(22)10-15)23-19(24)11-26-20(25)12-27-16-7-5-13-3-1-2-4-14(13)9-16/h1-10H,11-12H2,(H,23,24). The zero-order chi connectivity index (χ0) is 19.2. The van der Waals surface area contributed by atoms with Crippen LogP contribution < -0.4 is 5.32 Å². The minimum absolute atomic E-state index is 0.0222. The van der Waals surface area contributed by atoms with Crippen molar-refractivity contribution in [1.29, 1.82) is 0 Å². The third kappa shape index (κ3) is 5.45. The Bertz CT molecular complexity index is 996. The van der Waals surface area contributed by atoms with E-state index in [0.29, 0.717) is 0 Å². The number of nitrogens with one attached hydrogen (secondary N) is 1. The Labute approximate surface area is 164 Å². The van der Waals surface area contributed by atoms with E-state index >= 15 is 0 Å². The summed E-state index contributed by atoms with van der Waals surface area (Å²) in [6.07, 6.45) is 0. The highest BCUT2D eigenvalue weighted by atomic mass is 35.5. The van der Waals surface area contributed by atoms with Crippen LogP contribution in [0.4, 0.5) is 10.1 Å². The topological polar surface area (TPSA) is 55.4 Å². The number of thioether (sulfide) groups is 1. The molecule has 0 heterocycles. The second-order valence-electron chi connectivity index (χ2n) is 5.63. The molecule has 0 aromatic heterocycles. The number of hydrogen-bond acceptors (Lipinski definition) is 4. The smallest absolute Gasteiger partial charge is 0.316 e. The summed E-state index contributed by atoms with van der Waals surface area (Å²) in [7, 11) is 0. The van der Waals surface area contributed by atoms with Crippen molar-refractivity contribution in [2.75, 3.05) is 17.7 Å². The van der Waals surface area contributed by atoms with Crippen LogP contribution in [-0.4, -0.2) is 24.2 Å². The summed E-state index contributed by atoms with van der Waals surface area (Å²) in [5.74, 6) is -1.74. The van der Waals surface area contributed by atoms with Crippen LogP contribution in [0, 0.1) is 5.82 Å². The number of carbonyl (C=O) groups excluding carboxylic acids is 2. The number of benzene rings is 3. The van der Waals surface area contributed by atoms with E-state index in [1.165, 1.54) is 23.9 Å². The quantitative estimate of drug-likeness (QED) is 0.469. The maximum atomic E-state index is 13.6. The molecule has 3 aromatic rings. The van der Waals surface area contributed by atoms with Crippen LogP contribution in [0.3, 0.4) is 0 Å². The van der Waals surface area contributed by atoms with Crippen molar-refractivity contribution in [2.45, 2.75) is 4.90 Å². The number of amides is 1. The number of hydrogen-bond donors (Lipinski definition) is 1. The van der Waals surface area contributed by atoms with Gasteiger partial charge in [-0.05, 0) is 41.1 Å². The first-order valence-electron chi connectivity index (χ1n) is 8.03. The van der Waals surface area contributed by atoms with E-state index in [1.54, 1.807) is 0 Å². The molecule has 7 heteroatoms. The van der Waals surface area contributed by atoms with E-state index in [-0.39, 0.29) is 16.5 Å². The lowest BCUT2D eigenvalue weighted by atomic mass is 10.1. The lowest BCUT2D eigenvalue weighted by molar-refractivity contribution is -0.144. The maximum Gasteiger partial charge on any atom is 0.316 e. The Morgan fingerprint density at radius 3 is 2.59 bits per heavy atom. The largest absolute Gasteiger partial charge is 0.455 e. The molecule has 0 atom stereocenters. The highest BCUT2D eigenvalue weighted by Gasteiger charge is 2.11. The van der Waals surface area contributed by atoms with Gasteiger partial charge in [0.2, 0.25) is 0 Å². The highest BCUT2D eigenvalue weighted by Crippen LogP contribution is 2.23. The molecule has 1 amide bonds. The first kappa shape index (κ1) is 19.2. The van der Waals surface area contributed by atoms with E-state index in [1.807, 2.05) is 42.5 Å². The minimum Gasteiger partial charge on any atom is -0.455 e. The number of halogens is 2. The second-order valence-corrected chi connectivity index (χ2v) is 7.12. The Morgan fingerprint density at radius 1 is 1.04 bits per heavy atom. The zero-order valence-electron chi connectivity index (χ0n) is 14.1. The lowest BCUT2D eigenvalue weighted by Crippen LogP contribution is -2.22. The summed E-state index contributed by atoms with van der Waals surface area (Å²) < 4.78 is 18.5. The number of esters is 1. The second kappa shape index (κ2) is 8.88. The molecule has 0 bridgehead atoms. The molecule has 4 nitrogen and oxygen atoms in total. The summed E-state index contributed by atoms with van der Waals surface area (Å²) in [6.45, 7) is -0.487. The first-order chi connectivity index (χ1) is 13.0. The van der Waals surface area contributed by atoms with Crippen LogP contribution in [0.1, 0.15) is 0 Å². The molecule has 0 fully saturated rings. The Morgan fingerprint density at radius 2 is 1.81 bits per heavy atom. The molecular weight excluding hydrogens is 389 g/mol. The van der Waals surface area contributed by atoms with E-state index in [0.717, 1.165) is 21.7 Å². The van der Waals surface area contributed by atoms with Crippen molar-refractivity contribution >= 4 is 51.7 Å². The molecule has 138 valence electrons. The average Bonchev–Trinajstić information content (AvgIpc) is 2.67. The molecule has 0 saturated carbocycles. The van der Waals surface area contributed by atoms with Crippen LogP contribution in [-0.2, 0) is 14.3 Å². The van der Waals surface area contributed by atoms with Gasteiger partial charge in [0.25, 0.3) is 5.91 Å². The number of fused-ring (bicyclic) bond motifs is 1. The van der Waals surface area contributed by atoms with Gasteiger partial charge in [-0.3, -0.25) is 9.59 Å². The van der Waals surface area contributed by atoms with Crippen LogP contribution in [0.5, 0.6) is 0 Å². The lowest BCUT2D eigenvalue weighted by Gasteiger charge is -2.08. The third-order valence-corrected chi connectivity index (χ3v) is 4.85. The number of carbonyl (C=O) groups is 2. The Hall–Kier alpha value is -2.57. The fraction of sp³-hybridized carbons (Fsp3) is 0.100. The van der Waals surface area contributed by atoms with E-state index in [2.05, 4.69) is 5.32 Å². The van der Waals surface area contributed by atoms with Crippen LogP contribution >= 0.6 is 23.4 Å². The van der Waals surface area contributed by atoms with Gasteiger partial charge in [-0.1, -0.05) is 41.9 Å². The van der Waals surface area contributed by atoms with Crippen LogP contribution in [0.2, 0.25) is 5.02 Å². The van der Waals surface area contributed by atoms with Gasteiger partial charge in [0, 0.05) is 9.92 Å². The molecule has 1 N–H and O–H groups in total. The molecule has 0 saturated heterocycles. The summed E-state index contributed by atoms with van der Waals surface area (Å²) in [5, 5.41) is 4.76. The molecule has 0 spiro atoms. The van der Waals surface area contributed by atoms with Gasteiger partial charge in [0.15, 0.2) is 6.61 Å². The van der Waals surface area contributed by atoms with E-state index < -0.39 is 24.3 Å². The summed E-state index contributed by atoms with van der Waals surface area (Å²) >= 11 is 6.97. The first-order valence-corrected chi connectivity index (χ1v) is 9.40. The van der Waals surface area contributed by atoms with Crippen molar-refractivity contribution < 1.29 is 18.7 Å². The van der Waals surface area contributed by atoms with Crippen molar-refractivity contribution in [2.24, 2.45) is 0 Å². The molecule has 0 aliphatic heterocycles. The van der Waals surface area contributed by atoms with Crippen molar-refractivity contribution in [1.82, 2.24) is 0 Å². The highest BCUT2D eigenvalue weighted by molar-refractivity contribution is 8.00. The molecule has 0 aliphatic rings. The van der Waals surface area contributed by atoms with Crippen molar-refractivity contribution in [3.05, 3.63) is 71.5 Å². The SMILES string of the molecule is O=C(COC(=O)CSc1ccc2ccccc2c1)Nc1ccc(Cl)cc1F. The Balaban J connectivity index is 1.46. The molecule has 3 aromatic carbocycles. The zero-order valence-corrected chi connectivity index (χ0v) is 15.6. The number of ether oxygens (including phenoxy) is 1. The summed E-state index contributed by atoms with van der Waals surface area (Å²) in [6, 6.07) is 17.7. The molecule has 0 unspecified atom stereocenters. The predicted molar refractivity (Wildman–Crippen MR) is 106 cm³/mol. The number of rotatable bonds is 6. The van der Waals surface area contributed by atoms with Crippen molar-refractivity contribution in [3.8, 4) is 0 Å². The maximum absolute atomic E-state index is 13.6. The van der Waals surface area contributed by atoms with Gasteiger partial charge in [0.05, 0.1) is 11.4 Å². The normalized spacial score (nSPS) is 10.6. The van der Waals surface area contributed by atoms with E-state index in [4.69, 9.17) is 16.3 Å². The Kier molecular flexibility index (Phi) is 6.32. The monoisotopic (exact) mass is 403 g/mol. The average molecular weight is 404 g/mol. The van der Waals surface area contributed by atoms with Crippen molar-refractivity contribution in [3.63, 3.8) is 0 Å². The van der Waals surface area contributed by atoms with E-state index in [9.17, 15) is 14.0 Å². The van der Waals surface area contributed by atoms with Gasteiger partial charge in [-0.2, -0.15) is 0 Å². The van der Waals surface area contributed by atoms with Gasteiger partial charge >= 0.3 is 5.97 Å².